The van der Waals surface area contributed by atoms with Gasteiger partial charge in [0.1, 0.15) is 5.41 Å². The Morgan fingerprint density at radius 1 is 0.679 bits per heavy atom. The van der Waals surface area contributed by atoms with E-state index in [0.717, 1.165) is 32.6 Å². The van der Waals surface area contributed by atoms with E-state index < -0.39 is 40.6 Å². The molecule has 8 nitrogen and oxygen atoms in total. The maximum atomic E-state index is 11.9. The van der Waals surface area contributed by atoms with Crippen molar-refractivity contribution in [2.45, 2.75) is 85.0 Å². The van der Waals surface area contributed by atoms with Crippen LogP contribution in [0, 0.1) is 16.7 Å². The molecular weight excluding hydrogens is 368 g/mol. The summed E-state index contributed by atoms with van der Waals surface area (Å²) >= 11 is 0. The average molecular weight is 402 g/mol. The third-order valence-electron chi connectivity index (χ3n) is 5.91. The van der Waals surface area contributed by atoms with Gasteiger partial charge in [0.05, 0.1) is 0 Å². The summed E-state index contributed by atoms with van der Waals surface area (Å²) in [6.07, 6.45) is 9.54. The molecule has 0 aromatic carbocycles. The molecule has 162 valence electrons. The van der Waals surface area contributed by atoms with E-state index in [1.807, 2.05) is 0 Å². The van der Waals surface area contributed by atoms with Crippen molar-refractivity contribution >= 4 is 23.9 Å². The second kappa shape index (κ2) is 11.7. The Morgan fingerprint density at radius 2 is 1.04 bits per heavy atom. The minimum Gasteiger partial charge on any atom is -0.481 e. The van der Waals surface area contributed by atoms with Crippen LogP contribution in [0.3, 0.4) is 0 Å². The van der Waals surface area contributed by atoms with Crippen LogP contribution in [0.1, 0.15) is 85.0 Å². The average Bonchev–Trinajstić information content (AvgIpc) is 2.59. The summed E-state index contributed by atoms with van der Waals surface area (Å²) in [6, 6.07) is 0. The van der Waals surface area contributed by atoms with Crippen LogP contribution in [0.4, 0.5) is 0 Å². The molecule has 0 saturated heterocycles. The van der Waals surface area contributed by atoms with Gasteiger partial charge in [-0.3, -0.25) is 19.2 Å². The summed E-state index contributed by atoms with van der Waals surface area (Å²) < 4.78 is 0. The number of hydrogen-bond acceptors (Lipinski definition) is 4. The summed E-state index contributed by atoms with van der Waals surface area (Å²) in [5.41, 5.74) is -5.96. The first-order chi connectivity index (χ1) is 13.0. The summed E-state index contributed by atoms with van der Waals surface area (Å²) in [4.78, 5) is 46.9. The van der Waals surface area contributed by atoms with E-state index in [4.69, 9.17) is 0 Å². The van der Waals surface area contributed by atoms with Crippen molar-refractivity contribution in [3.05, 3.63) is 0 Å². The molecular formula is C20H34O8. The lowest BCUT2D eigenvalue weighted by Crippen LogP contribution is -2.62. The third-order valence-corrected chi connectivity index (χ3v) is 5.91. The largest absolute Gasteiger partial charge is 0.481 e. The molecule has 0 fully saturated rings. The number of carboxylic acids is 4. The smallest absolute Gasteiger partial charge is 0.333 e. The van der Waals surface area contributed by atoms with Gasteiger partial charge >= 0.3 is 23.9 Å². The molecule has 4 N–H and O–H groups in total. The third kappa shape index (κ3) is 5.45. The molecule has 0 heterocycles. The van der Waals surface area contributed by atoms with Gasteiger partial charge < -0.3 is 20.4 Å². The SMILES string of the molecule is CCCCCCCCCCCC(C)C(C)(C(=O)O)C(C(=O)O)(C(=O)O)C(=O)O. The van der Waals surface area contributed by atoms with Gasteiger partial charge in [0.25, 0.3) is 5.41 Å². The first kappa shape index (κ1) is 25.9. The summed E-state index contributed by atoms with van der Waals surface area (Å²) in [6.45, 7) is 4.46. The van der Waals surface area contributed by atoms with E-state index in [0.29, 0.717) is 6.42 Å². The number of carbonyl (C=O) groups is 4. The highest BCUT2D eigenvalue weighted by atomic mass is 16.4. The van der Waals surface area contributed by atoms with E-state index in [2.05, 4.69) is 6.92 Å². The lowest BCUT2D eigenvalue weighted by atomic mass is 9.57. The van der Waals surface area contributed by atoms with E-state index >= 15 is 0 Å². The van der Waals surface area contributed by atoms with Gasteiger partial charge in [-0.1, -0.05) is 71.6 Å². The highest BCUT2D eigenvalue weighted by Crippen LogP contribution is 2.48. The number of unbranched alkanes of at least 4 members (excludes halogenated alkanes) is 8. The maximum Gasteiger partial charge on any atom is 0.333 e. The van der Waals surface area contributed by atoms with Crippen molar-refractivity contribution in [3.63, 3.8) is 0 Å². The lowest BCUT2D eigenvalue weighted by molar-refractivity contribution is -0.198. The first-order valence-electron chi connectivity index (χ1n) is 9.94. The molecule has 0 radical (unpaired) electrons. The molecule has 2 unspecified atom stereocenters. The second-order valence-electron chi connectivity index (χ2n) is 7.69. The van der Waals surface area contributed by atoms with Crippen LogP contribution in [0.25, 0.3) is 0 Å². The minimum atomic E-state index is -3.46. The van der Waals surface area contributed by atoms with Crippen molar-refractivity contribution in [2.24, 2.45) is 16.7 Å². The molecule has 0 aliphatic heterocycles. The Kier molecular flexibility index (Phi) is 10.8. The zero-order chi connectivity index (χ0) is 22.0. The quantitative estimate of drug-likeness (QED) is 0.224. The fraction of sp³-hybridized carbons (Fsp3) is 0.800. The Labute approximate surface area is 165 Å². The first-order valence-corrected chi connectivity index (χ1v) is 9.94. The Bertz CT molecular complexity index is 520. The molecule has 0 saturated carbocycles. The molecule has 0 bridgehead atoms. The van der Waals surface area contributed by atoms with Gasteiger partial charge in [0.15, 0.2) is 0 Å². The van der Waals surface area contributed by atoms with Gasteiger partial charge in [-0.2, -0.15) is 0 Å². The summed E-state index contributed by atoms with van der Waals surface area (Å²) in [5, 5.41) is 37.8. The van der Waals surface area contributed by atoms with Crippen LogP contribution < -0.4 is 0 Å². The van der Waals surface area contributed by atoms with E-state index in [1.54, 1.807) is 0 Å². The topological polar surface area (TPSA) is 149 Å². The molecule has 0 amide bonds. The van der Waals surface area contributed by atoms with Crippen LogP contribution in [0.2, 0.25) is 0 Å². The molecule has 0 spiro atoms. The summed E-state index contributed by atoms with van der Waals surface area (Å²) in [5.74, 6) is -9.26. The molecule has 28 heavy (non-hydrogen) atoms. The van der Waals surface area contributed by atoms with Crippen LogP contribution in [-0.2, 0) is 19.2 Å². The zero-order valence-corrected chi connectivity index (χ0v) is 17.1. The number of hydrogen-bond donors (Lipinski definition) is 4. The van der Waals surface area contributed by atoms with Gasteiger partial charge in [-0.25, -0.2) is 0 Å². The fourth-order valence-corrected chi connectivity index (χ4v) is 3.73. The Balaban J connectivity index is 5.06. The van der Waals surface area contributed by atoms with Gasteiger partial charge in [-0.15, -0.1) is 0 Å². The van der Waals surface area contributed by atoms with Crippen LogP contribution >= 0.6 is 0 Å². The van der Waals surface area contributed by atoms with E-state index in [-0.39, 0.29) is 6.42 Å². The maximum absolute atomic E-state index is 11.9. The highest BCUT2D eigenvalue weighted by molar-refractivity contribution is 6.20. The number of aliphatic carboxylic acids is 4. The zero-order valence-electron chi connectivity index (χ0n) is 17.1. The molecule has 8 heteroatoms. The normalized spacial score (nSPS) is 14.8. The molecule has 0 rings (SSSR count). The van der Waals surface area contributed by atoms with Crippen molar-refractivity contribution < 1.29 is 39.6 Å². The van der Waals surface area contributed by atoms with E-state index in [9.17, 15) is 39.6 Å². The van der Waals surface area contributed by atoms with Crippen LogP contribution in [-0.4, -0.2) is 44.3 Å². The van der Waals surface area contributed by atoms with E-state index in [1.165, 1.54) is 32.6 Å². The van der Waals surface area contributed by atoms with Gasteiger partial charge in [0.2, 0.25) is 0 Å². The fourth-order valence-electron chi connectivity index (χ4n) is 3.73. The summed E-state index contributed by atoms with van der Waals surface area (Å²) in [7, 11) is 0. The molecule has 0 aromatic rings. The van der Waals surface area contributed by atoms with Crippen molar-refractivity contribution in [3.8, 4) is 0 Å². The highest BCUT2D eigenvalue weighted by Gasteiger charge is 2.71. The van der Waals surface area contributed by atoms with Crippen LogP contribution in [0.5, 0.6) is 0 Å². The molecule has 0 aliphatic carbocycles. The molecule has 2 atom stereocenters. The van der Waals surface area contributed by atoms with Crippen LogP contribution in [0.15, 0.2) is 0 Å². The van der Waals surface area contributed by atoms with Crippen molar-refractivity contribution in [1.29, 1.82) is 0 Å². The standard InChI is InChI=1S/C20H34O8/c1-4-5-6-7-8-9-10-11-12-13-14(2)19(3,15(21)22)20(16(23)24,17(25)26)18(27)28/h14H,4-13H2,1-3H3,(H,21,22)(H,23,24)(H,25,26)(H,27,28). The Morgan fingerprint density at radius 3 is 1.36 bits per heavy atom. The van der Waals surface area contributed by atoms with Crippen molar-refractivity contribution in [1.82, 2.24) is 0 Å². The lowest BCUT2D eigenvalue weighted by Gasteiger charge is -2.40. The minimum absolute atomic E-state index is 0.230. The van der Waals surface area contributed by atoms with Gasteiger partial charge in [-0.05, 0) is 19.3 Å². The molecule has 0 aromatic heterocycles. The monoisotopic (exact) mass is 402 g/mol. The number of rotatable bonds is 16. The Hall–Kier alpha value is -2.12. The van der Waals surface area contributed by atoms with Gasteiger partial charge in [0, 0.05) is 0 Å². The predicted octanol–water partition coefficient (Wildman–Crippen LogP) is 3.87. The predicted molar refractivity (Wildman–Crippen MR) is 102 cm³/mol. The molecule has 0 aliphatic rings. The van der Waals surface area contributed by atoms with Crippen molar-refractivity contribution in [2.75, 3.05) is 0 Å². The number of carboxylic acid groups (broad SMARTS) is 4. The second-order valence-corrected chi connectivity index (χ2v) is 7.69.